The molecule has 30 heavy (non-hydrogen) atoms. The van der Waals surface area contributed by atoms with Crippen molar-refractivity contribution in [2.75, 3.05) is 7.11 Å². The summed E-state index contributed by atoms with van der Waals surface area (Å²) in [4.78, 5) is 23.4. The number of carbonyl (C=O) groups is 2. The largest absolute Gasteiger partial charge is 0.534 e. The van der Waals surface area contributed by atoms with Crippen molar-refractivity contribution < 1.29 is 44.8 Å². The van der Waals surface area contributed by atoms with Gasteiger partial charge in [0.05, 0.1) is 7.11 Å². The fraction of sp³-hybridized carbons (Fsp3) is 0.474. The molecule has 0 bridgehead atoms. The Morgan fingerprint density at radius 2 is 1.83 bits per heavy atom. The van der Waals surface area contributed by atoms with Crippen molar-refractivity contribution in [1.82, 2.24) is 0 Å². The number of hydrogen-bond donors (Lipinski definition) is 0. The van der Waals surface area contributed by atoms with Gasteiger partial charge in [-0.05, 0) is 44.7 Å². The highest BCUT2D eigenvalue weighted by atomic mass is 32.2. The van der Waals surface area contributed by atoms with E-state index in [0.29, 0.717) is 23.1 Å². The van der Waals surface area contributed by atoms with Crippen LogP contribution in [0.3, 0.4) is 0 Å². The fourth-order valence-electron chi connectivity index (χ4n) is 2.98. The monoisotopic (exact) mass is 450 g/mol. The maximum absolute atomic E-state index is 12.9. The second kappa shape index (κ2) is 8.66. The third-order valence-electron chi connectivity index (χ3n) is 4.90. The van der Waals surface area contributed by atoms with Gasteiger partial charge in [-0.15, -0.1) is 0 Å². The summed E-state index contributed by atoms with van der Waals surface area (Å²) in [6.07, 6.45) is 2.07. The van der Waals surface area contributed by atoms with Crippen molar-refractivity contribution in [2.24, 2.45) is 0 Å². The molecular formula is C19H21F3O7S. The van der Waals surface area contributed by atoms with Crippen LogP contribution >= 0.6 is 0 Å². The number of alkyl halides is 3. The lowest BCUT2D eigenvalue weighted by Crippen LogP contribution is -2.29. The normalized spacial score (nSPS) is 14.4. The molecule has 1 aromatic rings. The summed E-state index contributed by atoms with van der Waals surface area (Å²) in [7, 11) is -4.75. The molecule has 0 saturated carbocycles. The molecule has 7 nitrogen and oxygen atoms in total. The summed E-state index contributed by atoms with van der Waals surface area (Å²) >= 11 is 0. The second-order valence-corrected chi connectivity index (χ2v) is 8.34. The Balaban J connectivity index is 2.54. The SMILES string of the molecule is COC(=O)CC/C(C)=C/Cc1c(C)c(C)c2c(c1OS(=O)(=O)C(F)(F)F)C(=O)OC2. The first kappa shape index (κ1) is 23.7. The molecule has 1 aliphatic rings. The lowest BCUT2D eigenvalue weighted by Gasteiger charge is -2.19. The maximum Gasteiger partial charge on any atom is 0.534 e. The van der Waals surface area contributed by atoms with Gasteiger partial charge in [0.1, 0.15) is 12.2 Å². The van der Waals surface area contributed by atoms with Crippen LogP contribution in [0.1, 0.15) is 52.4 Å². The average molecular weight is 450 g/mol. The number of ether oxygens (including phenoxy) is 2. The van der Waals surface area contributed by atoms with Crippen LogP contribution in [0.15, 0.2) is 11.6 Å². The molecule has 1 aliphatic heterocycles. The molecule has 0 radical (unpaired) electrons. The van der Waals surface area contributed by atoms with Gasteiger partial charge in [0.2, 0.25) is 0 Å². The van der Waals surface area contributed by atoms with Crippen LogP contribution in [-0.2, 0) is 37.4 Å². The number of halogens is 3. The Labute approximate surface area is 171 Å². The Kier molecular flexibility index (Phi) is 6.85. The van der Waals surface area contributed by atoms with Crippen LogP contribution in [0.25, 0.3) is 0 Å². The van der Waals surface area contributed by atoms with Crippen molar-refractivity contribution >= 4 is 22.1 Å². The van der Waals surface area contributed by atoms with Gasteiger partial charge in [-0.3, -0.25) is 4.79 Å². The molecule has 0 saturated heterocycles. The number of carbonyl (C=O) groups excluding carboxylic acids is 2. The molecule has 0 spiro atoms. The van der Waals surface area contributed by atoms with Crippen molar-refractivity contribution in [3.63, 3.8) is 0 Å². The molecule has 0 amide bonds. The zero-order valence-corrected chi connectivity index (χ0v) is 17.6. The van der Waals surface area contributed by atoms with Crippen LogP contribution in [0, 0.1) is 13.8 Å². The van der Waals surface area contributed by atoms with E-state index in [-0.39, 0.29) is 30.6 Å². The Morgan fingerprint density at radius 1 is 1.20 bits per heavy atom. The molecule has 1 aromatic carbocycles. The van der Waals surface area contributed by atoms with Gasteiger partial charge < -0.3 is 13.7 Å². The minimum absolute atomic E-state index is 0.0110. The first-order chi connectivity index (χ1) is 13.8. The molecular weight excluding hydrogens is 429 g/mol. The van der Waals surface area contributed by atoms with E-state index in [1.54, 1.807) is 26.8 Å². The number of fused-ring (bicyclic) bond motifs is 1. The third kappa shape index (κ3) is 4.77. The van der Waals surface area contributed by atoms with Gasteiger partial charge in [0, 0.05) is 17.5 Å². The summed E-state index contributed by atoms with van der Waals surface area (Å²) in [5.41, 5.74) is -3.76. The van der Waals surface area contributed by atoms with Gasteiger partial charge in [0.25, 0.3) is 0 Å². The first-order valence-corrected chi connectivity index (χ1v) is 10.3. The number of hydrogen-bond acceptors (Lipinski definition) is 7. The molecule has 1 heterocycles. The van der Waals surface area contributed by atoms with Crippen LogP contribution in [0.2, 0.25) is 0 Å². The number of rotatable bonds is 7. The van der Waals surface area contributed by atoms with E-state index in [1.807, 2.05) is 0 Å². The maximum atomic E-state index is 12.9. The zero-order chi connectivity index (χ0) is 22.9. The summed E-state index contributed by atoms with van der Waals surface area (Å²) in [6.45, 7) is 4.78. The highest BCUT2D eigenvalue weighted by Gasteiger charge is 2.50. The smallest absolute Gasteiger partial charge is 0.469 e. The quantitative estimate of drug-likeness (QED) is 0.271. The number of benzene rings is 1. The predicted octanol–water partition coefficient (Wildman–Crippen LogP) is 3.64. The van der Waals surface area contributed by atoms with E-state index in [1.165, 1.54) is 7.11 Å². The summed E-state index contributed by atoms with van der Waals surface area (Å²) in [5, 5.41) is 0. The second-order valence-electron chi connectivity index (χ2n) is 6.80. The van der Waals surface area contributed by atoms with Crippen molar-refractivity contribution in [3.8, 4) is 5.75 Å². The lowest BCUT2D eigenvalue weighted by molar-refractivity contribution is -0.140. The minimum Gasteiger partial charge on any atom is -0.469 e. The Hall–Kier alpha value is -2.56. The van der Waals surface area contributed by atoms with E-state index >= 15 is 0 Å². The molecule has 0 unspecified atom stereocenters. The molecule has 166 valence electrons. The van der Waals surface area contributed by atoms with Crippen molar-refractivity contribution in [1.29, 1.82) is 0 Å². The summed E-state index contributed by atoms with van der Waals surface area (Å²) < 4.78 is 76.0. The van der Waals surface area contributed by atoms with Crippen molar-refractivity contribution in [2.45, 2.75) is 52.1 Å². The van der Waals surface area contributed by atoms with Crippen LogP contribution < -0.4 is 4.18 Å². The van der Waals surface area contributed by atoms with Gasteiger partial charge in [-0.1, -0.05) is 11.6 Å². The standard InChI is InChI=1S/C19H21F3O7S/c1-10(6-8-15(23)27-4)5-7-13-11(2)12(3)14-9-28-18(24)16(14)17(13)29-30(25,26)19(20,21)22/h5H,6-9H2,1-4H3/b10-5+. The van der Waals surface area contributed by atoms with Gasteiger partial charge in [-0.2, -0.15) is 21.6 Å². The third-order valence-corrected chi connectivity index (χ3v) is 5.86. The lowest BCUT2D eigenvalue weighted by atomic mass is 9.91. The average Bonchev–Trinajstić information content (AvgIpc) is 3.04. The number of cyclic esters (lactones) is 1. The van der Waals surface area contributed by atoms with E-state index in [2.05, 4.69) is 8.92 Å². The highest BCUT2D eigenvalue weighted by Crippen LogP contribution is 2.41. The Morgan fingerprint density at radius 3 is 2.40 bits per heavy atom. The van der Waals surface area contributed by atoms with Gasteiger partial charge in [-0.25, -0.2) is 4.79 Å². The van der Waals surface area contributed by atoms with E-state index in [4.69, 9.17) is 4.74 Å². The fourth-order valence-corrected chi connectivity index (χ4v) is 3.48. The molecule has 2 rings (SSSR count). The van der Waals surface area contributed by atoms with Crippen LogP contribution in [0.4, 0.5) is 13.2 Å². The zero-order valence-electron chi connectivity index (χ0n) is 16.8. The van der Waals surface area contributed by atoms with Gasteiger partial charge >= 0.3 is 27.6 Å². The Bertz CT molecular complexity index is 1010. The summed E-state index contributed by atoms with van der Waals surface area (Å²) in [6, 6.07) is 0. The molecule has 0 fully saturated rings. The van der Waals surface area contributed by atoms with Crippen molar-refractivity contribution in [3.05, 3.63) is 39.5 Å². The molecule has 0 N–H and O–H groups in total. The molecule has 0 atom stereocenters. The number of esters is 2. The van der Waals surface area contributed by atoms with E-state index in [9.17, 15) is 31.2 Å². The topological polar surface area (TPSA) is 96.0 Å². The van der Waals surface area contributed by atoms with Crippen LogP contribution in [-0.4, -0.2) is 33.0 Å². The number of methoxy groups -OCH3 is 1. The minimum atomic E-state index is -6.00. The highest BCUT2D eigenvalue weighted by molar-refractivity contribution is 7.88. The van der Waals surface area contributed by atoms with Gasteiger partial charge in [0.15, 0.2) is 5.75 Å². The molecule has 11 heteroatoms. The summed E-state index contributed by atoms with van der Waals surface area (Å²) in [5.74, 6) is -2.05. The number of allylic oxidation sites excluding steroid dienone is 2. The van der Waals surface area contributed by atoms with E-state index in [0.717, 1.165) is 5.57 Å². The predicted molar refractivity (Wildman–Crippen MR) is 99.3 cm³/mol. The molecule has 0 aliphatic carbocycles. The first-order valence-electron chi connectivity index (χ1n) is 8.85. The van der Waals surface area contributed by atoms with Crippen LogP contribution in [0.5, 0.6) is 5.75 Å². The molecule has 0 aromatic heterocycles. The van der Waals surface area contributed by atoms with E-state index < -0.39 is 33.3 Å².